The first-order chi connectivity index (χ1) is 15.7. The molecule has 2 aliphatic carbocycles. The van der Waals surface area contributed by atoms with Crippen molar-refractivity contribution < 1.29 is 0 Å². The maximum absolute atomic E-state index is 4.61. The minimum Gasteiger partial charge on any atom is -0.384 e. The van der Waals surface area contributed by atoms with Gasteiger partial charge in [0.1, 0.15) is 0 Å². The Labute approximate surface area is 195 Å². The maximum Gasteiger partial charge on any atom is 0.0397 e. The smallest absolute Gasteiger partial charge is 0.0397 e. The minimum atomic E-state index is 0.893. The molecule has 0 bridgehead atoms. The third-order valence-corrected chi connectivity index (χ3v) is 7.57. The predicted octanol–water partition coefficient (Wildman–Crippen LogP) is 8.07. The van der Waals surface area contributed by atoms with E-state index in [0.717, 1.165) is 31.0 Å². The first-order valence-electron chi connectivity index (χ1n) is 13.2. The second kappa shape index (κ2) is 11.7. The lowest BCUT2D eigenvalue weighted by molar-refractivity contribution is 0.376. The molecule has 172 valence electrons. The molecule has 1 fully saturated rings. The van der Waals surface area contributed by atoms with Crippen molar-refractivity contribution in [2.75, 3.05) is 0 Å². The fraction of sp³-hybridized carbons (Fsp3) is 0.567. The molecule has 4 rings (SSSR count). The van der Waals surface area contributed by atoms with Crippen LogP contribution in [0.3, 0.4) is 0 Å². The van der Waals surface area contributed by atoms with E-state index in [9.17, 15) is 0 Å². The van der Waals surface area contributed by atoms with Gasteiger partial charge in [-0.25, -0.2) is 0 Å². The molecule has 1 aromatic carbocycles. The average molecular weight is 431 g/mol. The molecule has 0 saturated heterocycles. The third-order valence-electron chi connectivity index (χ3n) is 7.57. The number of rotatable bonds is 6. The summed E-state index contributed by atoms with van der Waals surface area (Å²) in [6.45, 7) is 5.23. The van der Waals surface area contributed by atoms with Crippen LogP contribution in [0, 0.1) is 19.8 Å². The minimum absolute atomic E-state index is 0.893. The molecule has 1 heterocycles. The summed E-state index contributed by atoms with van der Waals surface area (Å²) in [6, 6.07) is 11.7. The Hall–Kier alpha value is -2.09. The Bertz CT molecular complexity index is 886. The molecule has 0 amide bonds. The Balaban J connectivity index is 1.41. The van der Waals surface area contributed by atoms with Gasteiger partial charge in [0.25, 0.3) is 0 Å². The molecule has 1 N–H and O–H groups in total. The van der Waals surface area contributed by atoms with Crippen LogP contribution in [0.4, 0.5) is 0 Å². The van der Waals surface area contributed by atoms with Crippen molar-refractivity contribution in [3.8, 4) is 0 Å². The summed E-state index contributed by atoms with van der Waals surface area (Å²) < 4.78 is 0. The predicted molar refractivity (Wildman–Crippen MR) is 137 cm³/mol. The maximum atomic E-state index is 4.61. The zero-order valence-electron chi connectivity index (χ0n) is 20.4. The van der Waals surface area contributed by atoms with Gasteiger partial charge in [0.15, 0.2) is 0 Å². The average Bonchev–Trinajstić information content (AvgIpc) is 3.00. The lowest BCUT2D eigenvalue weighted by Crippen LogP contribution is -2.15. The van der Waals surface area contributed by atoms with Crippen molar-refractivity contribution in [2.24, 2.45) is 5.92 Å². The molecule has 1 saturated carbocycles. The van der Waals surface area contributed by atoms with E-state index < -0.39 is 0 Å². The summed E-state index contributed by atoms with van der Waals surface area (Å²) in [7, 11) is 0. The largest absolute Gasteiger partial charge is 0.384 e. The van der Waals surface area contributed by atoms with Gasteiger partial charge in [-0.1, -0.05) is 75.6 Å². The molecule has 0 spiro atoms. The van der Waals surface area contributed by atoms with E-state index in [4.69, 9.17) is 0 Å². The zero-order valence-corrected chi connectivity index (χ0v) is 20.4. The molecule has 2 nitrogen and oxygen atoms in total. The van der Waals surface area contributed by atoms with E-state index in [1.54, 1.807) is 0 Å². The van der Waals surface area contributed by atoms with Crippen molar-refractivity contribution >= 4 is 5.57 Å². The summed E-state index contributed by atoms with van der Waals surface area (Å²) in [5, 5.41) is 3.84. The number of nitrogens with zero attached hydrogens (tertiary/aromatic N) is 1. The van der Waals surface area contributed by atoms with Crippen molar-refractivity contribution in [1.82, 2.24) is 10.3 Å². The number of benzene rings is 1. The van der Waals surface area contributed by atoms with Crippen molar-refractivity contribution in [1.29, 1.82) is 0 Å². The second-order valence-electron chi connectivity index (χ2n) is 10.2. The number of aryl methyl sites for hydroxylation is 2. The van der Waals surface area contributed by atoms with Crippen LogP contribution in [-0.2, 0) is 13.0 Å². The van der Waals surface area contributed by atoms with E-state index in [0.29, 0.717) is 0 Å². The topological polar surface area (TPSA) is 24.9 Å². The van der Waals surface area contributed by atoms with E-state index in [1.807, 2.05) is 0 Å². The standard InChI is InChI=1S/C30H42N2/c1-23-19-24(2)31-22-29(23)28-13-9-6-10-14-30(28)32-21-27-17-15-26(16-18-27)20-25-11-7-4-3-5-8-12-25/h15-19,22,25,32H,3-14,20-21H2,1-2H3. The quantitative estimate of drug-likeness (QED) is 0.501. The number of hydrogen-bond donors (Lipinski definition) is 1. The van der Waals surface area contributed by atoms with Gasteiger partial charge in [-0.15, -0.1) is 0 Å². The third kappa shape index (κ3) is 6.47. The molecule has 1 aromatic heterocycles. The van der Waals surface area contributed by atoms with Gasteiger partial charge in [0.05, 0.1) is 0 Å². The normalized spacial score (nSPS) is 18.7. The van der Waals surface area contributed by atoms with Crippen LogP contribution in [0.1, 0.15) is 105 Å². The number of hydrogen-bond acceptors (Lipinski definition) is 2. The highest BCUT2D eigenvalue weighted by Crippen LogP contribution is 2.32. The Morgan fingerprint density at radius 3 is 2.22 bits per heavy atom. The Morgan fingerprint density at radius 2 is 1.47 bits per heavy atom. The molecular weight excluding hydrogens is 388 g/mol. The molecule has 0 radical (unpaired) electrons. The van der Waals surface area contributed by atoms with E-state index in [1.165, 1.54) is 104 Å². The summed E-state index contributed by atoms with van der Waals surface area (Å²) in [4.78, 5) is 4.61. The van der Waals surface area contributed by atoms with Crippen molar-refractivity contribution in [2.45, 2.75) is 104 Å². The SMILES string of the molecule is Cc1cc(C)c(C2=C(NCc3ccc(CC4CCCCCCC4)cc3)CCCCC2)cn1. The molecule has 0 atom stereocenters. The van der Waals surface area contributed by atoms with Gasteiger partial charge in [-0.3, -0.25) is 4.98 Å². The van der Waals surface area contributed by atoms with Crippen molar-refractivity contribution in [3.63, 3.8) is 0 Å². The highest BCUT2D eigenvalue weighted by molar-refractivity contribution is 5.70. The van der Waals surface area contributed by atoms with Gasteiger partial charge in [-0.2, -0.15) is 0 Å². The molecule has 0 aliphatic heterocycles. The molecule has 32 heavy (non-hydrogen) atoms. The highest BCUT2D eigenvalue weighted by Gasteiger charge is 2.16. The fourth-order valence-corrected chi connectivity index (χ4v) is 5.67. The number of nitrogens with one attached hydrogen (secondary N) is 1. The monoisotopic (exact) mass is 430 g/mol. The van der Waals surface area contributed by atoms with Gasteiger partial charge in [0, 0.05) is 29.7 Å². The van der Waals surface area contributed by atoms with Crippen LogP contribution in [0.15, 0.2) is 42.2 Å². The van der Waals surface area contributed by atoms with Crippen LogP contribution < -0.4 is 5.32 Å². The zero-order chi connectivity index (χ0) is 22.2. The van der Waals surface area contributed by atoms with Gasteiger partial charge in [-0.05, 0) is 80.2 Å². The Morgan fingerprint density at radius 1 is 0.812 bits per heavy atom. The molecule has 2 heteroatoms. The summed E-state index contributed by atoms with van der Waals surface area (Å²) in [6.07, 6.45) is 19.6. The molecule has 0 unspecified atom stereocenters. The second-order valence-corrected chi connectivity index (χ2v) is 10.2. The number of pyridine rings is 1. The lowest BCUT2D eigenvalue weighted by Gasteiger charge is -2.20. The number of aromatic nitrogens is 1. The molecule has 2 aromatic rings. The fourth-order valence-electron chi connectivity index (χ4n) is 5.67. The summed E-state index contributed by atoms with van der Waals surface area (Å²) >= 11 is 0. The van der Waals surface area contributed by atoms with Crippen LogP contribution in [0.5, 0.6) is 0 Å². The van der Waals surface area contributed by atoms with Gasteiger partial charge < -0.3 is 5.32 Å². The van der Waals surface area contributed by atoms with E-state index >= 15 is 0 Å². The summed E-state index contributed by atoms with van der Waals surface area (Å²) in [5.41, 5.74) is 9.65. The highest BCUT2D eigenvalue weighted by atomic mass is 14.9. The Kier molecular flexibility index (Phi) is 8.42. The van der Waals surface area contributed by atoms with Gasteiger partial charge >= 0.3 is 0 Å². The molecule has 2 aliphatic rings. The first-order valence-corrected chi connectivity index (χ1v) is 13.2. The lowest BCUT2D eigenvalue weighted by atomic mass is 9.86. The van der Waals surface area contributed by atoms with Crippen LogP contribution >= 0.6 is 0 Å². The van der Waals surface area contributed by atoms with Gasteiger partial charge in [0.2, 0.25) is 0 Å². The first kappa shape index (κ1) is 23.1. The van der Waals surface area contributed by atoms with E-state index in [2.05, 4.69) is 60.7 Å². The van der Waals surface area contributed by atoms with Crippen LogP contribution in [0.25, 0.3) is 5.57 Å². The van der Waals surface area contributed by atoms with Crippen molar-refractivity contribution in [3.05, 3.63) is 70.2 Å². The molecular formula is C30H42N2. The van der Waals surface area contributed by atoms with Crippen LogP contribution in [-0.4, -0.2) is 4.98 Å². The summed E-state index contributed by atoms with van der Waals surface area (Å²) in [5.74, 6) is 0.893. The van der Waals surface area contributed by atoms with E-state index in [-0.39, 0.29) is 0 Å². The van der Waals surface area contributed by atoms with Crippen LogP contribution in [0.2, 0.25) is 0 Å². The number of allylic oxidation sites excluding steroid dienone is 2.